The third kappa shape index (κ3) is 3.95. The summed E-state index contributed by atoms with van der Waals surface area (Å²) in [5, 5.41) is 7.18. The highest BCUT2D eigenvalue weighted by molar-refractivity contribution is 5.99. The van der Waals surface area contributed by atoms with Crippen molar-refractivity contribution in [2.45, 2.75) is 46.3 Å². The third-order valence-electron chi connectivity index (χ3n) is 5.83. The number of aromatic nitrogens is 3. The van der Waals surface area contributed by atoms with Crippen LogP contribution in [0.25, 0.3) is 5.65 Å². The van der Waals surface area contributed by atoms with E-state index >= 15 is 0 Å². The molecule has 0 aliphatic carbocycles. The van der Waals surface area contributed by atoms with Crippen molar-refractivity contribution in [2.75, 3.05) is 20.2 Å². The van der Waals surface area contributed by atoms with Crippen molar-refractivity contribution in [1.82, 2.24) is 24.4 Å². The van der Waals surface area contributed by atoms with Gasteiger partial charge in [0.2, 0.25) is 0 Å². The van der Waals surface area contributed by atoms with Gasteiger partial charge in [0.15, 0.2) is 5.65 Å². The molecule has 1 amide bonds. The summed E-state index contributed by atoms with van der Waals surface area (Å²) in [5.41, 5.74) is 3.85. The van der Waals surface area contributed by atoms with E-state index in [0.717, 1.165) is 42.9 Å². The summed E-state index contributed by atoms with van der Waals surface area (Å²) >= 11 is 0. The first-order chi connectivity index (χ1) is 15.1. The van der Waals surface area contributed by atoms with Crippen molar-refractivity contribution in [3.05, 3.63) is 63.2 Å². The molecule has 164 valence electrons. The van der Waals surface area contributed by atoms with Crippen LogP contribution in [0.3, 0.4) is 0 Å². The number of methoxy groups -OCH3 is 1. The van der Waals surface area contributed by atoms with E-state index < -0.39 is 0 Å². The van der Waals surface area contributed by atoms with Crippen LogP contribution in [0.2, 0.25) is 0 Å². The molecule has 1 aliphatic rings. The monoisotopic (exact) mass is 423 g/mol. The maximum absolute atomic E-state index is 13.3. The maximum Gasteiger partial charge on any atom is 0.279 e. The Morgan fingerprint density at radius 2 is 2.00 bits per heavy atom. The van der Waals surface area contributed by atoms with Gasteiger partial charge in [-0.2, -0.15) is 9.61 Å². The van der Waals surface area contributed by atoms with Crippen molar-refractivity contribution in [3.8, 4) is 5.75 Å². The van der Waals surface area contributed by atoms with Crippen LogP contribution in [0.5, 0.6) is 5.75 Å². The second-order valence-electron chi connectivity index (χ2n) is 7.83. The molecule has 8 heteroatoms. The van der Waals surface area contributed by atoms with Crippen LogP contribution >= 0.6 is 0 Å². The molecule has 2 aromatic heterocycles. The number of amides is 1. The van der Waals surface area contributed by atoms with Gasteiger partial charge in [-0.1, -0.05) is 19.1 Å². The Bertz CT molecular complexity index is 1150. The van der Waals surface area contributed by atoms with Crippen LogP contribution in [0, 0.1) is 0 Å². The molecule has 0 spiro atoms. The number of nitrogens with one attached hydrogen (secondary N) is 1. The lowest BCUT2D eigenvalue weighted by molar-refractivity contribution is 0.0955. The van der Waals surface area contributed by atoms with Crippen molar-refractivity contribution in [1.29, 1.82) is 0 Å². The second-order valence-corrected chi connectivity index (χ2v) is 7.83. The van der Waals surface area contributed by atoms with E-state index in [1.807, 2.05) is 26.0 Å². The van der Waals surface area contributed by atoms with Crippen molar-refractivity contribution >= 4 is 11.6 Å². The molecule has 0 radical (unpaired) electrons. The minimum atomic E-state index is -0.185. The summed E-state index contributed by atoms with van der Waals surface area (Å²) in [7, 11) is 1.66. The van der Waals surface area contributed by atoms with Gasteiger partial charge in [0.05, 0.1) is 18.9 Å². The van der Waals surface area contributed by atoms with Crippen LogP contribution < -0.4 is 15.6 Å². The molecule has 0 fully saturated rings. The Kier molecular flexibility index (Phi) is 6.08. The van der Waals surface area contributed by atoms with Gasteiger partial charge in [0.25, 0.3) is 11.5 Å². The molecule has 1 N–H and O–H groups in total. The van der Waals surface area contributed by atoms with Gasteiger partial charge < -0.3 is 14.6 Å². The van der Waals surface area contributed by atoms with Crippen molar-refractivity contribution < 1.29 is 9.53 Å². The molecular formula is C23H29N5O3. The van der Waals surface area contributed by atoms with E-state index in [4.69, 9.17) is 4.74 Å². The Labute approximate surface area is 181 Å². The standard InChI is InChI=1S/C23H29N5O3/c1-4-11-24-21(29)18-13-25-28-22(18)27(5-2)20-10-12-26(15-19(20)23(28)30)14-16-6-8-17(31-3)9-7-16/h6-9,13H,4-5,10-12,14-15H2,1-3H3,(H,24,29). The van der Waals surface area contributed by atoms with E-state index in [-0.39, 0.29) is 11.5 Å². The van der Waals surface area contributed by atoms with E-state index in [9.17, 15) is 9.59 Å². The normalized spacial score (nSPS) is 13.9. The average Bonchev–Trinajstić information content (AvgIpc) is 3.24. The van der Waals surface area contributed by atoms with Gasteiger partial charge >= 0.3 is 0 Å². The predicted molar refractivity (Wildman–Crippen MR) is 119 cm³/mol. The zero-order valence-electron chi connectivity index (χ0n) is 18.4. The quantitative estimate of drug-likeness (QED) is 0.630. The number of benzene rings is 1. The van der Waals surface area contributed by atoms with E-state index in [1.165, 1.54) is 16.3 Å². The second kappa shape index (κ2) is 8.93. The predicted octanol–water partition coefficient (Wildman–Crippen LogP) is 2.22. The lowest BCUT2D eigenvalue weighted by atomic mass is 10.0. The number of nitrogens with zero attached hydrogens (tertiary/aromatic N) is 4. The van der Waals surface area contributed by atoms with Gasteiger partial charge in [-0.15, -0.1) is 0 Å². The number of rotatable bonds is 7. The number of hydrogen-bond donors (Lipinski definition) is 1. The van der Waals surface area contributed by atoms with Crippen LogP contribution in [-0.4, -0.2) is 45.2 Å². The molecule has 4 rings (SSSR count). The minimum absolute atomic E-state index is 0.135. The summed E-state index contributed by atoms with van der Waals surface area (Å²) in [6.07, 6.45) is 3.12. The van der Waals surface area contributed by atoms with Gasteiger partial charge in [-0.25, -0.2) is 0 Å². The Morgan fingerprint density at radius 3 is 2.68 bits per heavy atom. The van der Waals surface area contributed by atoms with Crippen LogP contribution in [0.1, 0.15) is 47.4 Å². The highest BCUT2D eigenvalue weighted by Gasteiger charge is 2.26. The van der Waals surface area contributed by atoms with E-state index in [0.29, 0.717) is 30.8 Å². The Balaban J connectivity index is 1.67. The highest BCUT2D eigenvalue weighted by atomic mass is 16.5. The molecule has 31 heavy (non-hydrogen) atoms. The smallest absolute Gasteiger partial charge is 0.279 e. The number of hydrogen-bond acceptors (Lipinski definition) is 5. The summed E-state index contributed by atoms with van der Waals surface area (Å²) in [5.74, 6) is 0.647. The molecule has 3 heterocycles. The van der Waals surface area contributed by atoms with Gasteiger partial charge in [-0.3, -0.25) is 14.5 Å². The molecule has 1 aromatic carbocycles. The fourth-order valence-corrected chi connectivity index (χ4v) is 4.26. The first kappa shape index (κ1) is 21.1. The minimum Gasteiger partial charge on any atom is -0.497 e. The van der Waals surface area contributed by atoms with E-state index in [1.54, 1.807) is 7.11 Å². The number of aryl methyl sites for hydroxylation is 1. The first-order valence-electron chi connectivity index (χ1n) is 10.8. The molecule has 0 unspecified atom stereocenters. The summed E-state index contributed by atoms with van der Waals surface area (Å²) in [6.45, 7) is 7.48. The largest absolute Gasteiger partial charge is 0.497 e. The summed E-state index contributed by atoms with van der Waals surface area (Å²) < 4.78 is 8.70. The maximum atomic E-state index is 13.3. The summed E-state index contributed by atoms with van der Waals surface area (Å²) in [6, 6.07) is 8.01. The highest BCUT2D eigenvalue weighted by Crippen LogP contribution is 2.22. The Hall–Kier alpha value is -3.13. The number of fused-ring (bicyclic) bond motifs is 2. The fraction of sp³-hybridized carbons (Fsp3) is 0.435. The average molecular weight is 424 g/mol. The van der Waals surface area contributed by atoms with Crippen LogP contribution in [-0.2, 0) is 26.1 Å². The molecule has 8 nitrogen and oxygen atoms in total. The van der Waals surface area contributed by atoms with Gasteiger partial charge in [0, 0.05) is 44.8 Å². The fourth-order valence-electron chi connectivity index (χ4n) is 4.26. The molecule has 0 bridgehead atoms. The SMILES string of the molecule is CCCNC(=O)c1cnn2c(=O)c3c(n(CC)c12)CCN(Cc1ccc(OC)cc1)C3. The topological polar surface area (TPSA) is 80.9 Å². The van der Waals surface area contributed by atoms with Crippen LogP contribution in [0.15, 0.2) is 35.3 Å². The Morgan fingerprint density at radius 1 is 1.23 bits per heavy atom. The third-order valence-corrected chi connectivity index (χ3v) is 5.83. The van der Waals surface area contributed by atoms with Gasteiger partial charge in [-0.05, 0) is 31.0 Å². The summed E-state index contributed by atoms with van der Waals surface area (Å²) in [4.78, 5) is 28.2. The van der Waals surface area contributed by atoms with E-state index in [2.05, 4.69) is 32.0 Å². The molecule has 0 saturated carbocycles. The zero-order chi connectivity index (χ0) is 22.0. The lowest BCUT2D eigenvalue weighted by Gasteiger charge is -2.30. The zero-order valence-corrected chi connectivity index (χ0v) is 18.4. The molecule has 0 saturated heterocycles. The molecule has 1 aliphatic heterocycles. The van der Waals surface area contributed by atoms with Gasteiger partial charge in [0.1, 0.15) is 11.3 Å². The van der Waals surface area contributed by atoms with Crippen molar-refractivity contribution in [2.24, 2.45) is 0 Å². The van der Waals surface area contributed by atoms with Crippen molar-refractivity contribution in [3.63, 3.8) is 0 Å². The molecule has 3 aromatic rings. The van der Waals surface area contributed by atoms with Crippen LogP contribution in [0.4, 0.5) is 0 Å². The lowest BCUT2D eigenvalue weighted by Crippen LogP contribution is -2.38. The molecular weight excluding hydrogens is 394 g/mol. The number of carbonyl (C=O) groups excluding carboxylic acids is 1. The number of ether oxygens (including phenoxy) is 1. The molecule has 0 atom stereocenters. The number of carbonyl (C=O) groups is 1. The first-order valence-corrected chi connectivity index (χ1v) is 10.8.